The largest absolute Gasteiger partial charge is 0.409 e. The second-order valence-electron chi connectivity index (χ2n) is 5.82. The minimum atomic E-state index is -0.00106. The number of oxime groups is 1. The van der Waals surface area contributed by atoms with Gasteiger partial charge in [0.1, 0.15) is 5.69 Å². The Balaban J connectivity index is 3.07. The summed E-state index contributed by atoms with van der Waals surface area (Å²) in [7, 11) is 4.07. The zero-order chi connectivity index (χ0) is 16.0. The number of anilines is 1. The first kappa shape index (κ1) is 17.2. The van der Waals surface area contributed by atoms with Crippen LogP contribution in [0.2, 0.25) is 0 Å². The number of aromatic nitrogens is 2. The lowest BCUT2D eigenvalue weighted by Gasteiger charge is -2.26. The van der Waals surface area contributed by atoms with E-state index in [2.05, 4.69) is 38.8 Å². The number of nitrogens with two attached hydrogens (primary N) is 1. The van der Waals surface area contributed by atoms with Crippen molar-refractivity contribution < 1.29 is 5.21 Å². The van der Waals surface area contributed by atoms with Gasteiger partial charge in [0.2, 0.25) is 5.95 Å². The molecule has 0 bridgehead atoms. The Kier molecular flexibility index (Phi) is 6.36. The zero-order valence-electron chi connectivity index (χ0n) is 13.5. The Morgan fingerprint density at radius 1 is 1.33 bits per heavy atom. The molecule has 0 unspecified atom stereocenters. The minimum absolute atomic E-state index is 0.00106. The van der Waals surface area contributed by atoms with Crippen molar-refractivity contribution in [3.63, 3.8) is 0 Å². The van der Waals surface area contributed by atoms with Gasteiger partial charge in [-0.2, -0.15) is 0 Å². The first-order valence-electron chi connectivity index (χ1n) is 7.06. The van der Waals surface area contributed by atoms with Crippen molar-refractivity contribution in [2.75, 3.05) is 38.6 Å². The summed E-state index contributed by atoms with van der Waals surface area (Å²) in [5.41, 5.74) is 6.87. The molecule has 0 radical (unpaired) electrons. The lowest BCUT2D eigenvalue weighted by molar-refractivity contribution is 0.318. The molecule has 0 aliphatic rings. The van der Waals surface area contributed by atoms with Gasteiger partial charge in [0.05, 0.1) is 0 Å². The van der Waals surface area contributed by atoms with Gasteiger partial charge in [-0.05, 0) is 33.0 Å². The van der Waals surface area contributed by atoms with E-state index in [1.54, 1.807) is 6.07 Å². The van der Waals surface area contributed by atoms with Crippen LogP contribution in [0.15, 0.2) is 11.2 Å². The summed E-state index contributed by atoms with van der Waals surface area (Å²) in [6.07, 6.45) is 0. The topological polar surface area (TPSA) is 90.9 Å². The van der Waals surface area contributed by atoms with E-state index in [1.165, 1.54) is 0 Å². The van der Waals surface area contributed by atoms with Gasteiger partial charge in [-0.15, -0.1) is 0 Å². The van der Waals surface area contributed by atoms with Crippen LogP contribution in [0.3, 0.4) is 0 Å². The van der Waals surface area contributed by atoms with Crippen molar-refractivity contribution in [3.05, 3.63) is 17.5 Å². The number of rotatable bonds is 7. The van der Waals surface area contributed by atoms with E-state index < -0.39 is 0 Å². The smallest absolute Gasteiger partial charge is 0.226 e. The molecule has 1 rings (SSSR count). The fourth-order valence-corrected chi connectivity index (χ4v) is 1.91. The van der Waals surface area contributed by atoms with Gasteiger partial charge in [-0.25, -0.2) is 9.97 Å². The predicted molar refractivity (Wildman–Crippen MR) is 84.9 cm³/mol. The molecule has 7 nitrogen and oxygen atoms in total. The predicted octanol–water partition coefficient (Wildman–Crippen LogP) is 0.904. The van der Waals surface area contributed by atoms with E-state index in [0.29, 0.717) is 17.6 Å². The second kappa shape index (κ2) is 7.78. The SMILES string of the molecule is Cc1cc(/C(N)=N/O)nc(N(CCN(C)C)CC(C)C)n1. The first-order valence-corrected chi connectivity index (χ1v) is 7.06. The molecular weight excluding hydrogens is 268 g/mol. The van der Waals surface area contributed by atoms with Crippen molar-refractivity contribution >= 4 is 11.8 Å². The first-order chi connectivity index (χ1) is 9.83. The zero-order valence-corrected chi connectivity index (χ0v) is 13.5. The standard InChI is InChI=1S/C14H26N6O/c1-10(2)9-20(7-6-19(4)5)14-16-11(3)8-12(17-14)13(15)18-21/h8,10,21H,6-7,9H2,1-5H3,(H2,15,18). The van der Waals surface area contributed by atoms with E-state index in [0.717, 1.165) is 25.3 Å². The molecule has 0 aromatic carbocycles. The molecule has 0 aliphatic heterocycles. The van der Waals surface area contributed by atoms with Crippen molar-refractivity contribution in [1.82, 2.24) is 14.9 Å². The molecular formula is C14H26N6O. The molecule has 0 aliphatic carbocycles. The molecule has 1 aromatic heterocycles. The van der Waals surface area contributed by atoms with Crippen LogP contribution in [0, 0.1) is 12.8 Å². The highest BCUT2D eigenvalue weighted by Crippen LogP contribution is 2.12. The van der Waals surface area contributed by atoms with Crippen LogP contribution < -0.4 is 10.6 Å². The molecule has 118 valence electrons. The van der Waals surface area contributed by atoms with Crippen LogP contribution in [0.1, 0.15) is 25.2 Å². The van der Waals surface area contributed by atoms with Crippen LogP contribution in [0.4, 0.5) is 5.95 Å². The molecule has 1 heterocycles. The molecule has 0 amide bonds. The Morgan fingerprint density at radius 2 is 2.00 bits per heavy atom. The number of nitrogens with zero attached hydrogens (tertiary/aromatic N) is 5. The Hall–Kier alpha value is -1.89. The van der Waals surface area contributed by atoms with Crippen molar-refractivity contribution in [3.8, 4) is 0 Å². The summed E-state index contributed by atoms with van der Waals surface area (Å²) in [5, 5.41) is 11.8. The third-order valence-corrected chi connectivity index (χ3v) is 2.90. The maximum absolute atomic E-state index is 8.81. The van der Waals surface area contributed by atoms with Crippen molar-refractivity contribution in [1.29, 1.82) is 0 Å². The van der Waals surface area contributed by atoms with Crippen LogP contribution in [-0.4, -0.2) is 59.6 Å². The van der Waals surface area contributed by atoms with Crippen molar-refractivity contribution in [2.45, 2.75) is 20.8 Å². The van der Waals surface area contributed by atoms with E-state index in [9.17, 15) is 0 Å². The van der Waals surface area contributed by atoms with E-state index in [4.69, 9.17) is 10.9 Å². The Labute approximate surface area is 126 Å². The maximum Gasteiger partial charge on any atom is 0.226 e. The average molecular weight is 294 g/mol. The van der Waals surface area contributed by atoms with Gasteiger partial charge in [0, 0.05) is 25.3 Å². The summed E-state index contributed by atoms with van der Waals surface area (Å²) in [5.74, 6) is 1.11. The molecule has 0 saturated carbocycles. The molecule has 3 N–H and O–H groups in total. The normalized spacial score (nSPS) is 12.2. The highest BCUT2D eigenvalue weighted by atomic mass is 16.4. The van der Waals surface area contributed by atoms with E-state index in [1.807, 2.05) is 21.0 Å². The van der Waals surface area contributed by atoms with Crippen LogP contribution in [0.5, 0.6) is 0 Å². The third-order valence-electron chi connectivity index (χ3n) is 2.90. The molecule has 7 heteroatoms. The highest BCUT2D eigenvalue weighted by Gasteiger charge is 2.14. The van der Waals surface area contributed by atoms with Gasteiger partial charge in [0.25, 0.3) is 0 Å². The van der Waals surface area contributed by atoms with Gasteiger partial charge < -0.3 is 20.7 Å². The third kappa shape index (κ3) is 5.55. The lowest BCUT2D eigenvalue weighted by atomic mass is 10.2. The number of hydrogen-bond donors (Lipinski definition) is 2. The van der Waals surface area contributed by atoms with E-state index in [-0.39, 0.29) is 5.84 Å². The Morgan fingerprint density at radius 3 is 2.52 bits per heavy atom. The molecule has 0 saturated heterocycles. The molecule has 1 aromatic rings. The minimum Gasteiger partial charge on any atom is -0.409 e. The van der Waals surface area contributed by atoms with Crippen LogP contribution >= 0.6 is 0 Å². The maximum atomic E-state index is 8.81. The fourth-order valence-electron chi connectivity index (χ4n) is 1.91. The van der Waals surface area contributed by atoms with E-state index >= 15 is 0 Å². The second-order valence-corrected chi connectivity index (χ2v) is 5.82. The Bertz CT molecular complexity index is 486. The number of likely N-dealkylation sites (N-methyl/N-ethyl adjacent to an activating group) is 1. The molecule has 0 spiro atoms. The van der Waals surface area contributed by atoms with Gasteiger partial charge in [-0.3, -0.25) is 0 Å². The fraction of sp³-hybridized carbons (Fsp3) is 0.643. The van der Waals surface area contributed by atoms with Gasteiger partial charge >= 0.3 is 0 Å². The molecule has 0 fully saturated rings. The summed E-state index contributed by atoms with van der Waals surface area (Å²) >= 11 is 0. The summed E-state index contributed by atoms with van der Waals surface area (Å²) < 4.78 is 0. The summed E-state index contributed by atoms with van der Waals surface area (Å²) in [6.45, 7) is 8.77. The molecule has 21 heavy (non-hydrogen) atoms. The quantitative estimate of drug-likeness (QED) is 0.336. The summed E-state index contributed by atoms with van der Waals surface area (Å²) in [4.78, 5) is 13.2. The molecule has 0 atom stereocenters. The number of aryl methyl sites for hydroxylation is 1. The van der Waals surface area contributed by atoms with Gasteiger partial charge in [-0.1, -0.05) is 19.0 Å². The van der Waals surface area contributed by atoms with Crippen LogP contribution in [0.25, 0.3) is 0 Å². The summed E-state index contributed by atoms with van der Waals surface area (Å²) in [6, 6.07) is 1.71. The van der Waals surface area contributed by atoms with Gasteiger partial charge in [0.15, 0.2) is 5.84 Å². The number of amidine groups is 1. The van der Waals surface area contributed by atoms with Crippen LogP contribution in [-0.2, 0) is 0 Å². The number of hydrogen-bond acceptors (Lipinski definition) is 6. The lowest BCUT2D eigenvalue weighted by Crippen LogP contribution is -2.36. The average Bonchev–Trinajstić information content (AvgIpc) is 2.41. The monoisotopic (exact) mass is 294 g/mol. The van der Waals surface area contributed by atoms with Crippen molar-refractivity contribution in [2.24, 2.45) is 16.8 Å². The highest BCUT2D eigenvalue weighted by molar-refractivity contribution is 5.95.